The van der Waals surface area contributed by atoms with Crippen LogP contribution in [0.5, 0.6) is 5.75 Å². The molecule has 0 spiro atoms. The second kappa shape index (κ2) is 7.45. The van der Waals surface area contributed by atoms with E-state index in [2.05, 4.69) is 5.32 Å². The van der Waals surface area contributed by atoms with Crippen LogP contribution in [0.3, 0.4) is 0 Å². The van der Waals surface area contributed by atoms with Crippen LogP contribution in [0, 0.1) is 0 Å². The van der Waals surface area contributed by atoms with E-state index in [1.807, 2.05) is 12.1 Å². The molecular formula is C16H14ClNO3. The molecule has 5 heteroatoms. The van der Waals surface area contributed by atoms with E-state index in [4.69, 9.17) is 16.3 Å². The second-order valence-electron chi connectivity index (χ2n) is 4.38. The quantitative estimate of drug-likeness (QED) is 0.835. The Morgan fingerprint density at radius 3 is 2.38 bits per heavy atom. The summed E-state index contributed by atoms with van der Waals surface area (Å²) in [5, 5.41) is 3.41. The summed E-state index contributed by atoms with van der Waals surface area (Å²) in [5.41, 5.74) is 1.53. The molecule has 0 heterocycles. The lowest BCUT2D eigenvalue weighted by molar-refractivity contribution is -0.123. The van der Waals surface area contributed by atoms with Crippen molar-refractivity contribution in [2.45, 2.75) is 6.54 Å². The van der Waals surface area contributed by atoms with Gasteiger partial charge in [0.05, 0.1) is 0 Å². The van der Waals surface area contributed by atoms with Crippen molar-refractivity contribution in [3.8, 4) is 5.75 Å². The van der Waals surface area contributed by atoms with E-state index in [0.717, 1.165) is 11.8 Å². The highest BCUT2D eigenvalue weighted by molar-refractivity contribution is 6.30. The summed E-state index contributed by atoms with van der Waals surface area (Å²) in [7, 11) is 0. The lowest BCUT2D eigenvalue weighted by atomic mass is 10.2. The van der Waals surface area contributed by atoms with Gasteiger partial charge in [-0.2, -0.15) is 0 Å². The molecule has 0 unspecified atom stereocenters. The smallest absolute Gasteiger partial charge is 0.258 e. The van der Waals surface area contributed by atoms with Gasteiger partial charge in [0, 0.05) is 17.1 Å². The van der Waals surface area contributed by atoms with Gasteiger partial charge in [0.25, 0.3) is 5.91 Å². The van der Waals surface area contributed by atoms with E-state index < -0.39 is 0 Å². The van der Waals surface area contributed by atoms with Crippen LogP contribution < -0.4 is 10.1 Å². The molecule has 0 saturated carbocycles. The molecule has 0 atom stereocenters. The summed E-state index contributed by atoms with van der Waals surface area (Å²) in [6.45, 7) is 0.345. The van der Waals surface area contributed by atoms with E-state index in [-0.39, 0.29) is 12.5 Å². The molecule has 108 valence electrons. The largest absolute Gasteiger partial charge is 0.484 e. The zero-order valence-electron chi connectivity index (χ0n) is 11.2. The van der Waals surface area contributed by atoms with Crippen molar-refractivity contribution in [1.82, 2.24) is 5.32 Å². The highest BCUT2D eigenvalue weighted by Crippen LogP contribution is 2.11. The molecular weight excluding hydrogens is 290 g/mol. The number of amides is 1. The van der Waals surface area contributed by atoms with Gasteiger partial charge in [0.2, 0.25) is 0 Å². The van der Waals surface area contributed by atoms with Gasteiger partial charge >= 0.3 is 0 Å². The third-order valence-corrected chi connectivity index (χ3v) is 3.04. The van der Waals surface area contributed by atoms with E-state index in [0.29, 0.717) is 22.9 Å². The molecule has 1 amide bonds. The molecule has 0 aliphatic heterocycles. The molecule has 2 rings (SSSR count). The van der Waals surface area contributed by atoms with Crippen molar-refractivity contribution < 1.29 is 14.3 Å². The molecule has 4 nitrogen and oxygen atoms in total. The molecule has 21 heavy (non-hydrogen) atoms. The highest BCUT2D eigenvalue weighted by atomic mass is 35.5. The lowest BCUT2D eigenvalue weighted by Crippen LogP contribution is -2.28. The summed E-state index contributed by atoms with van der Waals surface area (Å²) >= 11 is 5.78. The average molecular weight is 304 g/mol. The maximum Gasteiger partial charge on any atom is 0.258 e. The van der Waals surface area contributed by atoms with Crippen molar-refractivity contribution in [1.29, 1.82) is 0 Å². The van der Waals surface area contributed by atoms with Gasteiger partial charge in [0.15, 0.2) is 6.61 Å². The van der Waals surface area contributed by atoms with Crippen LogP contribution >= 0.6 is 11.6 Å². The SMILES string of the molecule is O=Cc1ccc(OCC(=O)NCc2ccc(Cl)cc2)cc1. The van der Waals surface area contributed by atoms with E-state index >= 15 is 0 Å². The Morgan fingerprint density at radius 1 is 1.10 bits per heavy atom. The van der Waals surface area contributed by atoms with Gasteiger partial charge in [-0.1, -0.05) is 23.7 Å². The van der Waals surface area contributed by atoms with Gasteiger partial charge < -0.3 is 10.1 Å². The fourth-order valence-electron chi connectivity index (χ4n) is 1.65. The Morgan fingerprint density at radius 2 is 1.76 bits per heavy atom. The number of benzene rings is 2. The number of hydrogen-bond donors (Lipinski definition) is 1. The number of rotatable bonds is 6. The fraction of sp³-hybridized carbons (Fsp3) is 0.125. The third kappa shape index (κ3) is 4.93. The van der Waals surface area contributed by atoms with Gasteiger partial charge in [-0.05, 0) is 42.0 Å². The monoisotopic (exact) mass is 303 g/mol. The summed E-state index contributed by atoms with van der Waals surface area (Å²) in [6.07, 6.45) is 0.753. The molecule has 2 aromatic rings. The number of ether oxygens (including phenoxy) is 1. The summed E-state index contributed by atoms with van der Waals surface area (Å²) in [4.78, 5) is 22.2. The maximum absolute atomic E-state index is 11.7. The van der Waals surface area contributed by atoms with Gasteiger partial charge in [-0.3, -0.25) is 9.59 Å². The Kier molecular flexibility index (Phi) is 5.35. The Balaban J connectivity index is 1.76. The number of halogens is 1. The van der Waals surface area contributed by atoms with Crippen LogP contribution in [-0.4, -0.2) is 18.8 Å². The van der Waals surface area contributed by atoms with E-state index in [1.165, 1.54) is 0 Å². The van der Waals surface area contributed by atoms with Crippen LogP contribution in [0.15, 0.2) is 48.5 Å². The minimum atomic E-state index is -0.218. The standard InChI is InChI=1S/C16H14ClNO3/c17-14-5-1-12(2-6-14)9-18-16(20)11-21-15-7-3-13(10-19)4-8-15/h1-8,10H,9,11H2,(H,18,20). The fourth-order valence-corrected chi connectivity index (χ4v) is 1.77. The zero-order valence-corrected chi connectivity index (χ0v) is 12.0. The summed E-state index contributed by atoms with van der Waals surface area (Å²) in [5.74, 6) is 0.326. The first-order valence-corrected chi connectivity index (χ1v) is 6.74. The minimum Gasteiger partial charge on any atom is -0.484 e. The molecule has 2 aromatic carbocycles. The first kappa shape index (κ1) is 15.1. The van der Waals surface area contributed by atoms with Crippen molar-refractivity contribution >= 4 is 23.8 Å². The molecule has 0 radical (unpaired) electrons. The predicted molar refractivity (Wildman–Crippen MR) is 80.6 cm³/mol. The summed E-state index contributed by atoms with van der Waals surface area (Å²) in [6, 6.07) is 13.8. The Labute approximate surface area is 127 Å². The number of hydrogen-bond acceptors (Lipinski definition) is 3. The number of carbonyl (C=O) groups excluding carboxylic acids is 2. The molecule has 0 fully saturated rings. The first-order chi connectivity index (χ1) is 10.2. The van der Waals surface area contributed by atoms with Crippen LogP contribution in [0.25, 0.3) is 0 Å². The minimum absolute atomic E-state index is 0.0754. The maximum atomic E-state index is 11.7. The molecule has 0 bridgehead atoms. The van der Waals surface area contributed by atoms with Crippen LogP contribution in [-0.2, 0) is 11.3 Å². The molecule has 1 N–H and O–H groups in total. The van der Waals surface area contributed by atoms with Crippen LogP contribution in [0.1, 0.15) is 15.9 Å². The number of carbonyl (C=O) groups is 2. The topological polar surface area (TPSA) is 55.4 Å². The zero-order chi connectivity index (χ0) is 15.1. The van der Waals surface area contributed by atoms with Gasteiger partial charge in [-0.15, -0.1) is 0 Å². The molecule has 0 aliphatic carbocycles. The molecule has 0 saturated heterocycles. The van der Waals surface area contributed by atoms with Gasteiger partial charge in [-0.25, -0.2) is 0 Å². The lowest BCUT2D eigenvalue weighted by Gasteiger charge is -2.07. The van der Waals surface area contributed by atoms with Gasteiger partial charge in [0.1, 0.15) is 12.0 Å². The van der Waals surface area contributed by atoms with Crippen molar-refractivity contribution in [3.05, 3.63) is 64.7 Å². The number of aldehydes is 1. The number of nitrogens with one attached hydrogen (secondary N) is 1. The summed E-state index contributed by atoms with van der Waals surface area (Å²) < 4.78 is 5.33. The van der Waals surface area contributed by atoms with Crippen molar-refractivity contribution in [2.24, 2.45) is 0 Å². The van der Waals surface area contributed by atoms with Crippen molar-refractivity contribution in [3.63, 3.8) is 0 Å². The average Bonchev–Trinajstić information content (AvgIpc) is 2.53. The highest BCUT2D eigenvalue weighted by Gasteiger charge is 2.03. The van der Waals surface area contributed by atoms with Crippen LogP contribution in [0.4, 0.5) is 0 Å². The van der Waals surface area contributed by atoms with Crippen LogP contribution in [0.2, 0.25) is 5.02 Å². The normalized spacial score (nSPS) is 9.95. The van der Waals surface area contributed by atoms with Crippen molar-refractivity contribution in [2.75, 3.05) is 6.61 Å². The van der Waals surface area contributed by atoms with E-state index in [1.54, 1.807) is 36.4 Å². The van der Waals surface area contributed by atoms with E-state index in [9.17, 15) is 9.59 Å². The second-order valence-corrected chi connectivity index (χ2v) is 4.82. The molecule has 0 aromatic heterocycles. The first-order valence-electron chi connectivity index (χ1n) is 6.36. The third-order valence-electron chi connectivity index (χ3n) is 2.79. The molecule has 0 aliphatic rings. The Hall–Kier alpha value is -2.33. The Bertz CT molecular complexity index is 608. The predicted octanol–water partition coefficient (Wildman–Crippen LogP) is 2.85.